The van der Waals surface area contributed by atoms with E-state index in [-0.39, 0.29) is 0 Å². The van der Waals surface area contributed by atoms with Crippen LogP contribution in [0.4, 0.5) is 0 Å². The number of benzene rings is 1. The van der Waals surface area contributed by atoms with Crippen LogP contribution in [0.5, 0.6) is 5.75 Å². The van der Waals surface area contributed by atoms with Crippen molar-refractivity contribution in [3.8, 4) is 11.8 Å². The number of piperazine rings is 1. The standard InChI is InChI=1S/C19H27N3O.2C4H4O4/c20-15-17-7-1-2-9-19(17)23-14-6-5-10-21-12-13-22-11-4-3-8-18(22)16-21;2*5-3(6)1-2-4(7)8/h1-2,7,9,18H,3-6,8,10-14,16H2;2*1-2H,(H,5,6)(H,7,8). The van der Waals surface area contributed by atoms with E-state index in [0.717, 1.165) is 12.5 Å². The van der Waals surface area contributed by atoms with Gasteiger partial charge in [0.05, 0.1) is 12.2 Å². The molecule has 2 fully saturated rings. The summed E-state index contributed by atoms with van der Waals surface area (Å²) in [5.41, 5.74) is 0.626. The topological polar surface area (TPSA) is 189 Å². The average molecular weight is 546 g/mol. The first kappa shape index (κ1) is 32.8. The van der Waals surface area contributed by atoms with Crippen LogP contribution in [0.25, 0.3) is 0 Å². The molecule has 1 atom stereocenters. The van der Waals surface area contributed by atoms with Crippen molar-refractivity contribution < 1.29 is 44.3 Å². The van der Waals surface area contributed by atoms with Gasteiger partial charge >= 0.3 is 23.9 Å². The second-order valence-corrected chi connectivity index (χ2v) is 8.67. The molecule has 0 saturated carbocycles. The molecule has 2 aliphatic heterocycles. The molecule has 0 aliphatic carbocycles. The first-order chi connectivity index (χ1) is 18.6. The number of hydrogen-bond donors (Lipinski definition) is 4. The van der Waals surface area contributed by atoms with E-state index in [4.69, 9.17) is 30.4 Å². The van der Waals surface area contributed by atoms with Gasteiger partial charge in [-0.25, -0.2) is 19.2 Å². The second-order valence-electron chi connectivity index (χ2n) is 8.67. The number of carbonyl (C=O) groups is 4. The van der Waals surface area contributed by atoms with Crippen LogP contribution >= 0.6 is 0 Å². The summed E-state index contributed by atoms with van der Waals surface area (Å²) in [6.45, 7) is 6.89. The molecule has 1 unspecified atom stereocenters. The molecule has 0 bridgehead atoms. The van der Waals surface area contributed by atoms with E-state index in [1.54, 1.807) is 6.07 Å². The molecule has 1 aromatic carbocycles. The van der Waals surface area contributed by atoms with Gasteiger partial charge in [0.25, 0.3) is 0 Å². The number of fused-ring (bicyclic) bond motifs is 1. The molecule has 0 aromatic heterocycles. The fraction of sp³-hybridized carbons (Fsp3) is 0.444. The number of piperidine rings is 1. The smallest absolute Gasteiger partial charge is 0.328 e. The predicted octanol–water partition coefficient (Wildman–Crippen LogP) is 2.31. The van der Waals surface area contributed by atoms with Crippen molar-refractivity contribution in [2.24, 2.45) is 0 Å². The number of nitriles is 1. The van der Waals surface area contributed by atoms with Gasteiger partial charge in [-0.1, -0.05) is 18.6 Å². The lowest BCUT2D eigenvalue weighted by Crippen LogP contribution is -2.54. The van der Waals surface area contributed by atoms with Crippen LogP contribution < -0.4 is 4.74 Å². The number of para-hydroxylation sites is 1. The van der Waals surface area contributed by atoms with Crippen molar-refractivity contribution in [2.45, 2.75) is 38.1 Å². The Kier molecular flexibility index (Phi) is 15.9. The van der Waals surface area contributed by atoms with Crippen LogP contribution in [-0.4, -0.2) is 99.5 Å². The van der Waals surface area contributed by atoms with Crippen LogP contribution in [0.2, 0.25) is 0 Å². The normalized spacial score (nSPS) is 17.1. The fourth-order valence-electron chi connectivity index (χ4n) is 4.01. The number of nitrogens with zero attached hydrogens (tertiary/aromatic N) is 3. The van der Waals surface area contributed by atoms with Crippen LogP contribution in [0.3, 0.4) is 0 Å². The number of carboxylic acids is 4. The number of hydrogen-bond acceptors (Lipinski definition) is 8. The Morgan fingerprint density at radius 2 is 1.46 bits per heavy atom. The van der Waals surface area contributed by atoms with Gasteiger partial charge in [0.1, 0.15) is 11.8 Å². The molecule has 0 spiro atoms. The van der Waals surface area contributed by atoms with Gasteiger partial charge in [0, 0.05) is 50.0 Å². The minimum Gasteiger partial charge on any atom is -0.492 e. The van der Waals surface area contributed by atoms with Crippen LogP contribution in [-0.2, 0) is 19.2 Å². The van der Waals surface area contributed by atoms with Crippen molar-refractivity contribution in [1.82, 2.24) is 9.80 Å². The van der Waals surface area contributed by atoms with Crippen molar-refractivity contribution in [3.05, 3.63) is 54.1 Å². The molecule has 12 heteroatoms. The largest absolute Gasteiger partial charge is 0.492 e. The fourth-order valence-corrected chi connectivity index (χ4v) is 4.01. The summed E-state index contributed by atoms with van der Waals surface area (Å²) in [6, 6.07) is 10.4. The number of carboxylic acid groups (broad SMARTS) is 4. The Bertz CT molecular complexity index is 983. The Morgan fingerprint density at radius 3 is 2.03 bits per heavy atom. The van der Waals surface area contributed by atoms with E-state index < -0.39 is 23.9 Å². The summed E-state index contributed by atoms with van der Waals surface area (Å²) < 4.78 is 5.75. The maximum absolute atomic E-state index is 9.55. The molecule has 2 aliphatic rings. The van der Waals surface area contributed by atoms with Crippen molar-refractivity contribution in [1.29, 1.82) is 5.26 Å². The monoisotopic (exact) mass is 545 g/mol. The molecule has 4 N–H and O–H groups in total. The third-order valence-electron chi connectivity index (χ3n) is 5.79. The quantitative estimate of drug-likeness (QED) is 0.248. The molecule has 3 rings (SSSR count). The first-order valence-electron chi connectivity index (χ1n) is 12.5. The van der Waals surface area contributed by atoms with Gasteiger partial charge in [0.2, 0.25) is 0 Å². The molecule has 39 heavy (non-hydrogen) atoms. The van der Waals surface area contributed by atoms with Crippen LogP contribution in [0.1, 0.15) is 37.7 Å². The molecule has 2 heterocycles. The SMILES string of the molecule is N#Cc1ccccc1OCCCCN1CCN2CCCCC2C1.O=C(O)C=CC(=O)O.O=C(O)C=CC(=O)O. The highest BCUT2D eigenvalue weighted by Crippen LogP contribution is 2.21. The highest BCUT2D eigenvalue weighted by Gasteiger charge is 2.28. The number of aliphatic carboxylic acids is 4. The number of ether oxygens (including phenoxy) is 1. The van der Waals surface area contributed by atoms with E-state index >= 15 is 0 Å². The molecule has 212 valence electrons. The van der Waals surface area contributed by atoms with E-state index in [9.17, 15) is 19.2 Å². The lowest BCUT2D eigenvalue weighted by molar-refractivity contribution is -0.134. The van der Waals surface area contributed by atoms with Crippen molar-refractivity contribution in [3.63, 3.8) is 0 Å². The van der Waals surface area contributed by atoms with Gasteiger partial charge in [-0.3, -0.25) is 4.90 Å². The second kappa shape index (κ2) is 18.9. The molecule has 0 amide bonds. The van der Waals surface area contributed by atoms with Gasteiger partial charge < -0.3 is 30.1 Å². The summed E-state index contributed by atoms with van der Waals surface area (Å²) in [5, 5.41) is 40.3. The molecular weight excluding hydrogens is 510 g/mol. The average Bonchev–Trinajstić information content (AvgIpc) is 2.91. The zero-order valence-corrected chi connectivity index (χ0v) is 21.6. The van der Waals surface area contributed by atoms with Crippen LogP contribution in [0, 0.1) is 11.3 Å². The minimum absolute atomic E-state index is 0.558. The van der Waals surface area contributed by atoms with Crippen molar-refractivity contribution in [2.75, 3.05) is 39.3 Å². The summed E-state index contributed by atoms with van der Waals surface area (Å²) >= 11 is 0. The van der Waals surface area contributed by atoms with Gasteiger partial charge in [0.15, 0.2) is 0 Å². The lowest BCUT2D eigenvalue weighted by atomic mass is 9.99. The highest BCUT2D eigenvalue weighted by atomic mass is 16.5. The Balaban J connectivity index is 0.000000393. The Hall–Kier alpha value is -4.21. The molecule has 2 saturated heterocycles. The van der Waals surface area contributed by atoms with E-state index in [1.807, 2.05) is 18.2 Å². The van der Waals surface area contributed by atoms with Gasteiger partial charge in [-0.15, -0.1) is 0 Å². The summed E-state index contributed by atoms with van der Waals surface area (Å²) in [4.78, 5) is 43.5. The zero-order chi connectivity index (χ0) is 29.0. The first-order valence-corrected chi connectivity index (χ1v) is 12.5. The lowest BCUT2D eigenvalue weighted by Gasteiger charge is -2.44. The van der Waals surface area contributed by atoms with Gasteiger partial charge in [-0.2, -0.15) is 5.26 Å². The number of unbranched alkanes of at least 4 members (excludes halogenated alkanes) is 1. The number of rotatable bonds is 10. The minimum atomic E-state index is -1.26. The molecular formula is C27H35N3O9. The van der Waals surface area contributed by atoms with Crippen LogP contribution in [0.15, 0.2) is 48.6 Å². The maximum atomic E-state index is 9.55. The van der Waals surface area contributed by atoms with E-state index in [1.165, 1.54) is 58.4 Å². The third kappa shape index (κ3) is 15.6. The Labute approximate surface area is 227 Å². The third-order valence-corrected chi connectivity index (χ3v) is 5.79. The molecule has 1 aromatic rings. The summed E-state index contributed by atoms with van der Waals surface area (Å²) in [6.07, 6.45) is 8.62. The van der Waals surface area contributed by atoms with Gasteiger partial charge in [-0.05, 0) is 50.9 Å². The highest BCUT2D eigenvalue weighted by molar-refractivity contribution is 5.90. The maximum Gasteiger partial charge on any atom is 0.328 e. The molecule has 0 radical (unpaired) electrons. The summed E-state index contributed by atoms with van der Waals surface area (Å²) in [5.74, 6) is -4.31. The van der Waals surface area contributed by atoms with E-state index in [0.29, 0.717) is 42.2 Å². The zero-order valence-electron chi connectivity index (χ0n) is 21.6. The van der Waals surface area contributed by atoms with Crippen molar-refractivity contribution >= 4 is 23.9 Å². The Morgan fingerprint density at radius 1 is 0.872 bits per heavy atom. The predicted molar refractivity (Wildman–Crippen MR) is 140 cm³/mol. The van der Waals surface area contributed by atoms with E-state index in [2.05, 4.69) is 15.9 Å². The molecule has 12 nitrogen and oxygen atoms in total. The summed E-state index contributed by atoms with van der Waals surface area (Å²) in [7, 11) is 0.